The molecule has 1 atom stereocenters. The van der Waals surface area contributed by atoms with E-state index in [0.717, 1.165) is 18.4 Å². The lowest BCUT2D eigenvalue weighted by Gasteiger charge is -2.18. The average Bonchev–Trinajstić information content (AvgIpc) is 2.77. The van der Waals surface area contributed by atoms with Crippen LogP contribution < -0.4 is 5.73 Å². The van der Waals surface area contributed by atoms with Crippen molar-refractivity contribution in [3.63, 3.8) is 0 Å². The van der Waals surface area contributed by atoms with E-state index in [4.69, 9.17) is 10.3 Å². The zero-order chi connectivity index (χ0) is 14.0. The SMILES string of the molecule is CCCC(C)(N)c1nc(-c2cc(C)cc(F)c2)no1. The molecule has 2 N–H and O–H groups in total. The monoisotopic (exact) mass is 263 g/mol. The van der Waals surface area contributed by atoms with E-state index in [-0.39, 0.29) is 5.82 Å². The Labute approximate surface area is 111 Å². The molecule has 0 spiro atoms. The molecule has 0 amide bonds. The zero-order valence-electron chi connectivity index (χ0n) is 11.4. The van der Waals surface area contributed by atoms with Crippen molar-refractivity contribution in [3.05, 3.63) is 35.5 Å². The summed E-state index contributed by atoms with van der Waals surface area (Å²) in [4.78, 5) is 4.28. The predicted octanol–water partition coefficient (Wildman–Crippen LogP) is 3.16. The Morgan fingerprint density at radius 1 is 1.37 bits per heavy atom. The molecule has 19 heavy (non-hydrogen) atoms. The molecule has 0 radical (unpaired) electrons. The number of rotatable bonds is 4. The topological polar surface area (TPSA) is 64.9 Å². The van der Waals surface area contributed by atoms with Crippen LogP contribution in [-0.2, 0) is 5.54 Å². The molecule has 2 aromatic rings. The Morgan fingerprint density at radius 3 is 2.74 bits per heavy atom. The van der Waals surface area contributed by atoms with Crippen LogP contribution in [0.15, 0.2) is 22.7 Å². The van der Waals surface area contributed by atoms with Crippen LogP contribution in [0, 0.1) is 12.7 Å². The van der Waals surface area contributed by atoms with Crippen molar-refractivity contribution in [2.24, 2.45) is 5.73 Å². The highest BCUT2D eigenvalue weighted by Crippen LogP contribution is 2.25. The largest absolute Gasteiger partial charge is 0.337 e. The Balaban J connectivity index is 2.35. The third-order valence-electron chi connectivity index (χ3n) is 2.98. The molecule has 0 aliphatic carbocycles. The van der Waals surface area contributed by atoms with Gasteiger partial charge in [0.15, 0.2) is 0 Å². The molecule has 0 fully saturated rings. The molecule has 0 saturated carbocycles. The molecule has 1 aromatic heterocycles. The second kappa shape index (κ2) is 5.09. The lowest BCUT2D eigenvalue weighted by Crippen LogP contribution is -2.33. The van der Waals surface area contributed by atoms with Gasteiger partial charge in [-0.3, -0.25) is 0 Å². The van der Waals surface area contributed by atoms with Crippen LogP contribution in [0.2, 0.25) is 0 Å². The number of hydrogen-bond donors (Lipinski definition) is 1. The van der Waals surface area contributed by atoms with Crippen LogP contribution in [0.5, 0.6) is 0 Å². The van der Waals surface area contributed by atoms with Gasteiger partial charge >= 0.3 is 0 Å². The fourth-order valence-electron chi connectivity index (χ4n) is 2.06. The molecule has 2 rings (SSSR count). The zero-order valence-corrected chi connectivity index (χ0v) is 11.4. The molecule has 4 nitrogen and oxygen atoms in total. The van der Waals surface area contributed by atoms with E-state index >= 15 is 0 Å². The molecular weight excluding hydrogens is 245 g/mol. The summed E-state index contributed by atoms with van der Waals surface area (Å²) in [5, 5.41) is 3.88. The van der Waals surface area contributed by atoms with Gasteiger partial charge in [-0.2, -0.15) is 4.98 Å². The molecular formula is C14H18FN3O. The summed E-state index contributed by atoms with van der Waals surface area (Å²) in [7, 11) is 0. The minimum Gasteiger partial charge on any atom is -0.337 e. The smallest absolute Gasteiger partial charge is 0.246 e. The molecule has 0 bridgehead atoms. The van der Waals surface area contributed by atoms with Crippen LogP contribution in [-0.4, -0.2) is 10.1 Å². The van der Waals surface area contributed by atoms with E-state index in [1.807, 2.05) is 26.8 Å². The minimum atomic E-state index is -0.650. The normalized spacial score (nSPS) is 14.4. The number of aromatic nitrogens is 2. The van der Waals surface area contributed by atoms with Gasteiger partial charge in [0.25, 0.3) is 0 Å². The van der Waals surface area contributed by atoms with Crippen molar-refractivity contribution in [2.75, 3.05) is 0 Å². The highest BCUT2D eigenvalue weighted by molar-refractivity contribution is 5.55. The number of halogens is 1. The number of hydrogen-bond acceptors (Lipinski definition) is 4. The van der Waals surface area contributed by atoms with Crippen LogP contribution in [0.3, 0.4) is 0 Å². The van der Waals surface area contributed by atoms with E-state index in [0.29, 0.717) is 17.3 Å². The molecule has 1 unspecified atom stereocenters. The third kappa shape index (κ3) is 2.98. The first-order chi connectivity index (χ1) is 8.92. The highest BCUT2D eigenvalue weighted by atomic mass is 19.1. The van der Waals surface area contributed by atoms with Gasteiger partial charge in [-0.15, -0.1) is 0 Å². The van der Waals surface area contributed by atoms with Crippen LogP contribution in [0.4, 0.5) is 4.39 Å². The number of nitrogens with zero attached hydrogens (tertiary/aromatic N) is 2. The number of benzene rings is 1. The van der Waals surface area contributed by atoms with Crippen molar-refractivity contribution in [1.82, 2.24) is 10.1 Å². The second-order valence-electron chi connectivity index (χ2n) is 5.11. The van der Waals surface area contributed by atoms with Gasteiger partial charge in [0.1, 0.15) is 5.82 Å². The Kier molecular flexibility index (Phi) is 3.66. The molecule has 0 aliphatic rings. The van der Waals surface area contributed by atoms with E-state index in [2.05, 4.69) is 10.1 Å². The van der Waals surface area contributed by atoms with Gasteiger partial charge in [-0.25, -0.2) is 4.39 Å². The van der Waals surface area contributed by atoms with Crippen molar-refractivity contribution < 1.29 is 8.91 Å². The Bertz CT molecular complexity index is 558. The van der Waals surface area contributed by atoms with Gasteiger partial charge in [0.2, 0.25) is 11.7 Å². The van der Waals surface area contributed by atoms with Gasteiger partial charge < -0.3 is 10.3 Å². The standard InChI is InChI=1S/C14H18FN3O/c1-4-5-14(3,16)13-17-12(18-19-13)10-6-9(2)7-11(15)8-10/h6-8H,4-5,16H2,1-3H3. The maximum Gasteiger partial charge on any atom is 0.246 e. The molecule has 1 heterocycles. The Morgan fingerprint density at radius 2 is 2.11 bits per heavy atom. The van der Waals surface area contributed by atoms with Gasteiger partial charge in [0, 0.05) is 5.56 Å². The Hall–Kier alpha value is -1.75. The summed E-state index contributed by atoms with van der Waals surface area (Å²) < 4.78 is 18.6. The minimum absolute atomic E-state index is 0.314. The van der Waals surface area contributed by atoms with E-state index in [1.165, 1.54) is 12.1 Å². The van der Waals surface area contributed by atoms with Crippen LogP contribution in [0.25, 0.3) is 11.4 Å². The first-order valence-corrected chi connectivity index (χ1v) is 6.33. The maximum atomic E-state index is 13.4. The molecule has 5 heteroatoms. The van der Waals surface area contributed by atoms with Gasteiger partial charge in [0.05, 0.1) is 5.54 Å². The summed E-state index contributed by atoms with van der Waals surface area (Å²) >= 11 is 0. The second-order valence-corrected chi connectivity index (χ2v) is 5.11. The molecule has 0 aliphatic heterocycles. The van der Waals surface area contributed by atoms with Gasteiger partial charge in [-0.05, 0) is 44.0 Å². The third-order valence-corrected chi connectivity index (χ3v) is 2.98. The fourth-order valence-corrected chi connectivity index (χ4v) is 2.06. The predicted molar refractivity (Wildman–Crippen MR) is 70.9 cm³/mol. The highest BCUT2D eigenvalue weighted by Gasteiger charge is 2.27. The van der Waals surface area contributed by atoms with Gasteiger partial charge in [-0.1, -0.05) is 18.5 Å². The van der Waals surface area contributed by atoms with Crippen LogP contribution >= 0.6 is 0 Å². The quantitative estimate of drug-likeness (QED) is 0.920. The first kappa shape index (κ1) is 13.7. The van der Waals surface area contributed by atoms with Crippen molar-refractivity contribution in [3.8, 4) is 11.4 Å². The summed E-state index contributed by atoms with van der Waals surface area (Å²) in [6.45, 7) is 5.71. The summed E-state index contributed by atoms with van der Waals surface area (Å²) in [6, 6.07) is 4.65. The average molecular weight is 263 g/mol. The lowest BCUT2D eigenvalue weighted by molar-refractivity contribution is 0.284. The van der Waals surface area contributed by atoms with E-state index in [1.54, 1.807) is 0 Å². The molecule has 1 aromatic carbocycles. The van der Waals surface area contributed by atoms with Crippen molar-refractivity contribution >= 4 is 0 Å². The van der Waals surface area contributed by atoms with Crippen LogP contribution in [0.1, 0.15) is 38.1 Å². The molecule has 102 valence electrons. The summed E-state index contributed by atoms with van der Waals surface area (Å²) in [5.41, 5.74) is 6.89. The van der Waals surface area contributed by atoms with Crippen molar-refractivity contribution in [1.29, 1.82) is 0 Å². The van der Waals surface area contributed by atoms with E-state index in [9.17, 15) is 4.39 Å². The summed E-state index contributed by atoms with van der Waals surface area (Å²) in [5.74, 6) is 0.432. The maximum absolute atomic E-state index is 13.4. The summed E-state index contributed by atoms with van der Waals surface area (Å²) in [6.07, 6.45) is 1.67. The van der Waals surface area contributed by atoms with E-state index < -0.39 is 5.54 Å². The van der Waals surface area contributed by atoms with Crippen molar-refractivity contribution in [2.45, 2.75) is 39.2 Å². The lowest BCUT2D eigenvalue weighted by atomic mass is 9.98. The number of aryl methyl sites for hydroxylation is 1. The fraction of sp³-hybridized carbons (Fsp3) is 0.429. The first-order valence-electron chi connectivity index (χ1n) is 6.33. The molecule has 0 saturated heterocycles. The number of nitrogens with two attached hydrogens (primary N) is 1.